The van der Waals surface area contributed by atoms with Gasteiger partial charge in [-0.1, -0.05) is 0 Å². The summed E-state index contributed by atoms with van der Waals surface area (Å²) in [4.78, 5) is 24.8. The Balaban J connectivity index is 3.92. The number of hydrogen-bond donors (Lipinski definition) is 3. The Labute approximate surface area is 109 Å². The van der Waals surface area contributed by atoms with Crippen molar-refractivity contribution in [2.45, 2.75) is 39.2 Å². The van der Waals surface area contributed by atoms with E-state index in [4.69, 9.17) is 5.11 Å². The van der Waals surface area contributed by atoms with Crippen molar-refractivity contribution in [3.05, 3.63) is 0 Å². The zero-order chi connectivity index (χ0) is 14.0. The molecule has 0 rings (SSSR count). The van der Waals surface area contributed by atoms with Gasteiger partial charge in [-0.15, -0.1) is 0 Å². The molecule has 1 unspecified atom stereocenters. The van der Waals surface area contributed by atoms with Crippen molar-refractivity contribution in [2.24, 2.45) is 0 Å². The van der Waals surface area contributed by atoms with Crippen LogP contribution in [0.25, 0.3) is 0 Å². The van der Waals surface area contributed by atoms with E-state index >= 15 is 0 Å². The van der Waals surface area contributed by atoms with Crippen LogP contribution in [0.5, 0.6) is 0 Å². The summed E-state index contributed by atoms with van der Waals surface area (Å²) in [5, 5.41) is 13.5. The third-order valence-electron chi connectivity index (χ3n) is 2.78. The number of unbranched alkanes of at least 4 members (excludes halogenated alkanes) is 2. The van der Waals surface area contributed by atoms with Crippen molar-refractivity contribution in [1.82, 2.24) is 15.5 Å². The summed E-state index contributed by atoms with van der Waals surface area (Å²) in [5.41, 5.74) is 0. The standard InChI is InChI=1S/C12H25N3O3/c1-4-13-12(18)14-11(17)10(2)15(3)8-6-5-7-9-16/h10,16H,4-9H2,1-3H3,(H2,13,14,17,18). The van der Waals surface area contributed by atoms with Crippen LogP contribution < -0.4 is 10.6 Å². The number of carbonyl (C=O) groups excluding carboxylic acids is 2. The molecule has 0 aliphatic heterocycles. The fourth-order valence-corrected chi connectivity index (χ4v) is 1.46. The smallest absolute Gasteiger partial charge is 0.321 e. The second kappa shape index (κ2) is 9.85. The van der Waals surface area contributed by atoms with Crippen LogP contribution in [0, 0.1) is 0 Å². The molecule has 3 amide bonds. The van der Waals surface area contributed by atoms with Crippen molar-refractivity contribution in [3.63, 3.8) is 0 Å². The van der Waals surface area contributed by atoms with Crippen LogP contribution in [0.3, 0.4) is 0 Å². The molecule has 18 heavy (non-hydrogen) atoms. The first-order chi connectivity index (χ1) is 8.52. The quantitative estimate of drug-likeness (QED) is 0.548. The highest BCUT2D eigenvalue weighted by molar-refractivity contribution is 5.96. The maximum Gasteiger partial charge on any atom is 0.321 e. The second-order valence-corrected chi connectivity index (χ2v) is 4.29. The predicted molar refractivity (Wildman–Crippen MR) is 70.2 cm³/mol. The van der Waals surface area contributed by atoms with Crippen molar-refractivity contribution in [3.8, 4) is 0 Å². The van der Waals surface area contributed by atoms with E-state index in [1.54, 1.807) is 13.8 Å². The highest BCUT2D eigenvalue weighted by Crippen LogP contribution is 2.01. The maximum atomic E-state index is 11.7. The number of carbonyl (C=O) groups is 2. The van der Waals surface area contributed by atoms with Gasteiger partial charge in [-0.2, -0.15) is 0 Å². The number of amides is 3. The third kappa shape index (κ3) is 7.24. The topological polar surface area (TPSA) is 81.7 Å². The van der Waals surface area contributed by atoms with Crippen molar-refractivity contribution >= 4 is 11.9 Å². The molecule has 0 heterocycles. The number of likely N-dealkylation sites (N-methyl/N-ethyl adjacent to an activating group) is 1. The van der Waals surface area contributed by atoms with Crippen LogP contribution in [0.4, 0.5) is 4.79 Å². The van der Waals surface area contributed by atoms with Gasteiger partial charge in [0.15, 0.2) is 0 Å². The lowest BCUT2D eigenvalue weighted by atomic mass is 10.2. The van der Waals surface area contributed by atoms with Crippen LogP contribution in [-0.2, 0) is 4.79 Å². The van der Waals surface area contributed by atoms with E-state index in [2.05, 4.69) is 10.6 Å². The lowest BCUT2D eigenvalue weighted by molar-refractivity contribution is -0.124. The van der Waals surface area contributed by atoms with Gasteiger partial charge in [0.05, 0.1) is 6.04 Å². The molecule has 0 aromatic heterocycles. The molecule has 0 bridgehead atoms. The Kier molecular flexibility index (Phi) is 9.22. The Hall–Kier alpha value is -1.14. The summed E-state index contributed by atoms with van der Waals surface area (Å²) in [6.07, 6.45) is 2.65. The number of aliphatic hydroxyl groups excluding tert-OH is 1. The minimum atomic E-state index is -0.456. The average Bonchev–Trinajstić information content (AvgIpc) is 2.33. The molecule has 0 saturated carbocycles. The second-order valence-electron chi connectivity index (χ2n) is 4.29. The van der Waals surface area contributed by atoms with Crippen molar-refractivity contribution < 1.29 is 14.7 Å². The fraction of sp³-hybridized carbons (Fsp3) is 0.833. The fourth-order valence-electron chi connectivity index (χ4n) is 1.46. The molecule has 1 atom stereocenters. The zero-order valence-electron chi connectivity index (χ0n) is 11.5. The molecule has 0 aliphatic rings. The number of imide groups is 1. The molecule has 0 radical (unpaired) electrons. The number of hydrogen-bond acceptors (Lipinski definition) is 4. The maximum absolute atomic E-state index is 11.7. The first-order valence-electron chi connectivity index (χ1n) is 6.42. The van der Waals surface area contributed by atoms with Gasteiger partial charge in [-0.25, -0.2) is 4.79 Å². The first kappa shape index (κ1) is 16.9. The van der Waals surface area contributed by atoms with E-state index in [1.165, 1.54) is 0 Å². The van der Waals surface area contributed by atoms with Crippen molar-refractivity contribution in [1.29, 1.82) is 0 Å². The van der Waals surface area contributed by atoms with Gasteiger partial charge in [-0.3, -0.25) is 15.0 Å². The molecule has 0 fully saturated rings. The lowest BCUT2D eigenvalue weighted by Gasteiger charge is -2.23. The van der Waals surface area contributed by atoms with Crippen LogP contribution in [0.15, 0.2) is 0 Å². The van der Waals surface area contributed by atoms with Gasteiger partial charge < -0.3 is 10.4 Å². The summed E-state index contributed by atoms with van der Waals surface area (Å²) in [6, 6.07) is -0.801. The van der Waals surface area contributed by atoms with Crippen LogP contribution >= 0.6 is 0 Å². The van der Waals surface area contributed by atoms with Crippen molar-refractivity contribution in [2.75, 3.05) is 26.7 Å². The number of urea groups is 1. The normalized spacial score (nSPS) is 12.3. The van der Waals surface area contributed by atoms with Gasteiger partial charge >= 0.3 is 6.03 Å². The van der Waals surface area contributed by atoms with Gasteiger partial charge in [0.1, 0.15) is 0 Å². The molecule has 3 N–H and O–H groups in total. The molecule has 106 valence electrons. The van der Waals surface area contributed by atoms with Gasteiger partial charge in [-0.05, 0) is 46.7 Å². The molecular weight excluding hydrogens is 234 g/mol. The first-order valence-corrected chi connectivity index (χ1v) is 6.42. The van der Waals surface area contributed by atoms with Gasteiger partial charge in [0.2, 0.25) is 5.91 Å². The van der Waals surface area contributed by atoms with E-state index in [0.717, 1.165) is 25.8 Å². The van der Waals surface area contributed by atoms with E-state index in [1.807, 2.05) is 11.9 Å². The SMILES string of the molecule is CCNC(=O)NC(=O)C(C)N(C)CCCCCO. The van der Waals surface area contributed by atoms with Crippen LogP contribution in [-0.4, -0.2) is 54.7 Å². The van der Waals surface area contributed by atoms with Gasteiger partial charge in [0, 0.05) is 13.2 Å². The summed E-state index contributed by atoms with van der Waals surface area (Å²) in [6.45, 7) is 5.02. The number of nitrogens with zero attached hydrogens (tertiary/aromatic N) is 1. The Morgan fingerprint density at radius 3 is 2.50 bits per heavy atom. The molecule has 6 nitrogen and oxygen atoms in total. The molecule has 0 spiro atoms. The third-order valence-corrected chi connectivity index (χ3v) is 2.78. The van der Waals surface area contributed by atoms with E-state index in [9.17, 15) is 9.59 Å². The van der Waals surface area contributed by atoms with E-state index < -0.39 is 6.03 Å². The highest BCUT2D eigenvalue weighted by Gasteiger charge is 2.19. The summed E-state index contributed by atoms with van der Waals surface area (Å²) < 4.78 is 0. The van der Waals surface area contributed by atoms with E-state index in [0.29, 0.717) is 6.54 Å². The molecule has 0 aliphatic carbocycles. The Morgan fingerprint density at radius 2 is 1.94 bits per heavy atom. The lowest BCUT2D eigenvalue weighted by Crippen LogP contribution is -2.48. The Morgan fingerprint density at radius 1 is 1.28 bits per heavy atom. The summed E-state index contributed by atoms with van der Waals surface area (Å²) >= 11 is 0. The molecule has 0 aromatic carbocycles. The monoisotopic (exact) mass is 259 g/mol. The molecule has 6 heteroatoms. The summed E-state index contributed by atoms with van der Waals surface area (Å²) in [7, 11) is 1.85. The molecular formula is C12H25N3O3. The predicted octanol–water partition coefficient (Wildman–Crippen LogP) is 0.315. The van der Waals surface area contributed by atoms with Crippen LogP contribution in [0.1, 0.15) is 33.1 Å². The summed E-state index contributed by atoms with van der Waals surface area (Å²) in [5.74, 6) is -0.300. The van der Waals surface area contributed by atoms with E-state index in [-0.39, 0.29) is 18.6 Å². The average molecular weight is 259 g/mol. The minimum absolute atomic E-state index is 0.205. The number of nitrogens with one attached hydrogen (secondary N) is 2. The van der Waals surface area contributed by atoms with Crippen LogP contribution in [0.2, 0.25) is 0 Å². The largest absolute Gasteiger partial charge is 0.396 e. The molecule has 0 aromatic rings. The zero-order valence-corrected chi connectivity index (χ0v) is 11.5. The minimum Gasteiger partial charge on any atom is -0.396 e. The molecule has 0 saturated heterocycles. The highest BCUT2D eigenvalue weighted by atomic mass is 16.3. The Bertz CT molecular complexity index is 259. The number of aliphatic hydroxyl groups is 1. The van der Waals surface area contributed by atoms with Gasteiger partial charge in [0.25, 0.3) is 0 Å². The number of rotatable bonds is 8.